The molecule has 0 aliphatic heterocycles. The van der Waals surface area contributed by atoms with Crippen molar-refractivity contribution in [2.45, 2.75) is 18.2 Å². The minimum atomic E-state index is -1.09. The SMILES string of the molecule is CCOc1ccc(N)c(S(=O)CCc2cccs2)c1. The van der Waals surface area contributed by atoms with Crippen LogP contribution in [0, 0.1) is 0 Å². The summed E-state index contributed by atoms with van der Waals surface area (Å²) in [6.45, 7) is 2.51. The van der Waals surface area contributed by atoms with Crippen LogP contribution in [0.2, 0.25) is 0 Å². The molecule has 0 radical (unpaired) electrons. The molecule has 5 heteroatoms. The monoisotopic (exact) mass is 295 g/mol. The first kappa shape index (κ1) is 14.1. The largest absolute Gasteiger partial charge is 0.494 e. The van der Waals surface area contributed by atoms with E-state index in [0.29, 0.717) is 22.9 Å². The van der Waals surface area contributed by atoms with Gasteiger partial charge in [0, 0.05) is 16.3 Å². The van der Waals surface area contributed by atoms with Gasteiger partial charge in [-0.05, 0) is 43.0 Å². The molecule has 0 fully saturated rings. The van der Waals surface area contributed by atoms with Gasteiger partial charge in [-0.15, -0.1) is 11.3 Å². The van der Waals surface area contributed by atoms with E-state index >= 15 is 0 Å². The standard InChI is InChI=1S/C14H17NO2S2/c1-2-17-11-5-6-13(15)14(10-11)19(16)9-7-12-4-3-8-18-12/h3-6,8,10H,2,7,9,15H2,1H3. The Morgan fingerprint density at radius 3 is 2.89 bits per heavy atom. The number of nitrogen functional groups attached to an aromatic ring is 1. The summed E-state index contributed by atoms with van der Waals surface area (Å²) in [5.74, 6) is 1.30. The number of benzene rings is 1. The van der Waals surface area contributed by atoms with Gasteiger partial charge in [-0.25, -0.2) is 0 Å². The second kappa shape index (κ2) is 6.73. The van der Waals surface area contributed by atoms with Crippen molar-refractivity contribution < 1.29 is 8.95 Å². The molecule has 0 aliphatic rings. The predicted molar refractivity (Wildman–Crippen MR) is 81.3 cm³/mol. The van der Waals surface area contributed by atoms with Gasteiger partial charge in [0.05, 0.1) is 22.3 Å². The van der Waals surface area contributed by atoms with Crippen molar-refractivity contribution in [2.24, 2.45) is 0 Å². The molecular formula is C14H17NO2S2. The summed E-state index contributed by atoms with van der Waals surface area (Å²) in [6.07, 6.45) is 0.808. The quantitative estimate of drug-likeness (QED) is 0.833. The molecule has 2 N–H and O–H groups in total. The zero-order valence-electron chi connectivity index (χ0n) is 10.8. The number of thiophene rings is 1. The normalized spacial score (nSPS) is 12.3. The molecule has 1 aromatic carbocycles. The van der Waals surface area contributed by atoms with Crippen LogP contribution in [0.25, 0.3) is 0 Å². The Balaban J connectivity index is 2.07. The minimum Gasteiger partial charge on any atom is -0.494 e. The van der Waals surface area contributed by atoms with Crippen molar-refractivity contribution in [3.8, 4) is 5.75 Å². The van der Waals surface area contributed by atoms with Crippen molar-refractivity contribution in [3.63, 3.8) is 0 Å². The van der Waals surface area contributed by atoms with E-state index < -0.39 is 10.8 Å². The highest BCUT2D eigenvalue weighted by molar-refractivity contribution is 7.85. The van der Waals surface area contributed by atoms with Gasteiger partial charge in [-0.2, -0.15) is 0 Å². The Hall–Kier alpha value is -1.33. The minimum absolute atomic E-state index is 0.563. The summed E-state index contributed by atoms with van der Waals surface area (Å²) in [6, 6.07) is 9.40. The summed E-state index contributed by atoms with van der Waals surface area (Å²) in [4.78, 5) is 1.91. The molecule has 19 heavy (non-hydrogen) atoms. The number of ether oxygens (including phenoxy) is 1. The lowest BCUT2D eigenvalue weighted by atomic mass is 10.3. The highest BCUT2D eigenvalue weighted by Gasteiger charge is 2.10. The third-order valence-corrected chi connectivity index (χ3v) is 5.01. The first-order valence-corrected chi connectivity index (χ1v) is 8.33. The van der Waals surface area contributed by atoms with E-state index in [2.05, 4.69) is 6.07 Å². The molecule has 0 spiro atoms. The highest BCUT2D eigenvalue weighted by Crippen LogP contribution is 2.24. The van der Waals surface area contributed by atoms with Gasteiger partial charge in [0.25, 0.3) is 0 Å². The van der Waals surface area contributed by atoms with Crippen LogP contribution >= 0.6 is 11.3 Å². The second-order valence-electron chi connectivity index (χ2n) is 4.01. The highest BCUT2D eigenvalue weighted by atomic mass is 32.2. The molecule has 1 atom stereocenters. The topological polar surface area (TPSA) is 52.3 Å². The van der Waals surface area contributed by atoms with Crippen LogP contribution in [0.5, 0.6) is 5.75 Å². The van der Waals surface area contributed by atoms with Crippen molar-refractivity contribution in [3.05, 3.63) is 40.6 Å². The van der Waals surface area contributed by atoms with Crippen molar-refractivity contribution in [2.75, 3.05) is 18.1 Å². The van der Waals surface area contributed by atoms with E-state index in [1.807, 2.05) is 18.4 Å². The van der Waals surface area contributed by atoms with Crippen LogP contribution in [0.3, 0.4) is 0 Å². The van der Waals surface area contributed by atoms with E-state index in [0.717, 1.165) is 12.2 Å². The van der Waals surface area contributed by atoms with Gasteiger partial charge in [0.2, 0.25) is 0 Å². The average Bonchev–Trinajstić information content (AvgIpc) is 2.92. The molecule has 2 rings (SSSR count). The van der Waals surface area contributed by atoms with Crippen LogP contribution in [0.15, 0.2) is 40.6 Å². The summed E-state index contributed by atoms with van der Waals surface area (Å²) in [5, 5.41) is 2.03. The molecule has 0 amide bonds. The van der Waals surface area contributed by atoms with Crippen molar-refractivity contribution in [1.29, 1.82) is 0 Å². The third-order valence-electron chi connectivity index (χ3n) is 2.66. The number of anilines is 1. The number of rotatable bonds is 6. The lowest BCUT2D eigenvalue weighted by Gasteiger charge is -2.09. The number of hydrogen-bond acceptors (Lipinski definition) is 4. The molecule has 2 aromatic rings. The average molecular weight is 295 g/mol. The summed E-state index contributed by atoms with van der Waals surface area (Å²) in [5.41, 5.74) is 6.45. The molecule has 0 bridgehead atoms. The molecule has 102 valence electrons. The maximum atomic E-state index is 12.3. The Bertz CT molecular complexity index is 553. The van der Waals surface area contributed by atoms with E-state index in [4.69, 9.17) is 10.5 Å². The second-order valence-corrected chi connectivity index (χ2v) is 6.58. The summed E-state index contributed by atoms with van der Waals surface area (Å²) in [7, 11) is -1.09. The number of aryl methyl sites for hydroxylation is 1. The zero-order valence-corrected chi connectivity index (χ0v) is 12.4. The van der Waals surface area contributed by atoms with E-state index in [-0.39, 0.29) is 0 Å². The smallest absolute Gasteiger partial charge is 0.120 e. The van der Waals surface area contributed by atoms with Gasteiger partial charge in [0.1, 0.15) is 5.75 Å². The van der Waals surface area contributed by atoms with Gasteiger partial charge >= 0.3 is 0 Å². The summed E-state index contributed by atoms with van der Waals surface area (Å²) >= 11 is 1.69. The van der Waals surface area contributed by atoms with E-state index in [9.17, 15) is 4.21 Å². The third kappa shape index (κ3) is 3.81. The van der Waals surface area contributed by atoms with Crippen molar-refractivity contribution >= 4 is 27.8 Å². The van der Waals surface area contributed by atoms with E-state index in [1.54, 1.807) is 29.5 Å². The Labute approximate surface area is 119 Å². The molecule has 0 aliphatic carbocycles. The van der Waals surface area contributed by atoms with Crippen LogP contribution in [-0.4, -0.2) is 16.6 Å². The molecular weight excluding hydrogens is 278 g/mol. The van der Waals surface area contributed by atoms with Gasteiger partial charge in [0.15, 0.2) is 0 Å². The lowest BCUT2D eigenvalue weighted by Crippen LogP contribution is -2.05. The molecule has 1 heterocycles. The van der Waals surface area contributed by atoms with Gasteiger partial charge in [-0.3, -0.25) is 4.21 Å². The fourth-order valence-corrected chi connectivity index (χ4v) is 3.77. The zero-order chi connectivity index (χ0) is 13.7. The maximum Gasteiger partial charge on any atom is 0.120 e. The predicted octanol–water partition coefficient (Wildman–Crippen LogP) is 3.08. The van der Waals surface area contributed by atoms with Crippen LogP contribution in [-0.2, 0) is 17.2 Å². The fourth-order valence-electron chi connectivity index (χ4n) is 1.73. The Kier molecular flexibility index (Phi) is 4.99. The molecule has 0 saturated heterocycles. The van der Waals surface area contributed by atoms with Gasteiger partial charge in [-0.1, -0.05) is 6.07 Å². The fraction of sp³-hybridized carbons (Fsp3) is 0.286. The van der Waals surface area contributed by atoms with Crippen LogP contribution in [0.1, 0.15) is 11.8 Å². The molecule has 1 unspecified atom stereocenters. The first-order chi connectivity index (χ1) is 9.20. The summed E-state index contributed by atoms with van der Waals surface area (Å²) < 4.78 is 17.7. The lowest BCUT2D eigenvalue weighted by molar-refractivity contribution is 0.339. The molecule has 0 saturated carbocycles. The van der Waals surface area contributed by atoms with E-state index in [1.165, 1.54) is 4.88 Å². The van der Waals surface area contributed by atoms with Crippen molar-refractivity contribution in [1.82, 2.24) is 0 Å². The first-order valence-electron chi connectivity index (χ1n) is 6.13. The van der Waals surface area contributed by atoms with Gasteiger partial charge < -0.3 is 10.5 Å². The van der Waals surface area contributed by atoms with Crippen LogP contribution in [0.4, 0.5) is 5.69 Å². The Morgan fingerprint density at radius 2 is 2.21 bits per heavy atom. The Morgan fingerprint density at radius 1 is 1.37 bits per heavy atom. The number of hydrogen-bond donors (Lipinski definition) is 1. The number of nitrogens with two attached hydrogens (primary N) is 1. The maximum absolute atomic E-state index is 12.3. The molecule has 1 aromatic heterocycles. The molecule has 3 nitrogen and oxygen atoms in total. The van der Waals surface area contributed by atoms with Crippen LogP contribution < -0.4 is 10.5 Å².